The zero-order valence-electron chi connectivity index (χ0n) is 11.1. The molecule has 5 heteroatoms. The van der Waals surface area contributed by atoms with Crippen LogP contribution in [0.25, 0.3) is 11.0 Å². The Kier molecular flexibility index (Phi) is 3.37. The van der Waals surface area contributed by atoms with Gasteiger partial charge < -0.3 is 10.3 Å². The van der Waals surface area contributed by atoms with Gasteiger partial charge in [0.1, 0.15) is 0 Å². The summed E-state index contributed by atoms with van der Waals surface area (Å²) in [6, 6.07) is 6.24. The summed E-state index contributed by atoms with van der Waals surface area (Å²) in [7, 11) is 0. The molecule has 1 fully saturated rings. The molecule has 0 bridgehead atoms. The molecular weight excluding hydrogens is 260 g/mol. The molecule has 1 aromatic heterocycles. The van der Waals surface area contributed by atoms with Crippen molar-refractivity contribution in [2.45, 2.75) is 32.4 Å². The molecule has 19 heavy (non-hydrogen) atoms. The standard InChI is InChI=1S/C14H19ClN4/c1-10(18-6-2-3-7-18)9-19-13-5-4-11(15)8-12(13)17-14(19)16/h4-5,8,10H,2-3,6-7,9H2,1H3,(H2,16,17). The Labute approximate surface area is 118 Å². The van der Waals surface area contributed by atoms with Gasteiger partial charge in [-0.15, -0.1) is 0 Å². The van der Waals surface area contributed by atoms with Crippen LogP contribution >= 0.6 is 11.6 Å². The number of hydrogen-bond acceptors (Lipinski definition) is 3. The first-order valence-electron chi connectivity index (χ1n) is 6.80. The van der Waals surface area contributed by atoms with E-state index in [-0.39, 0.29) is 0 Å². The molecule has 0 amide bonds. The maximum absolute atomic E-state index is 6.04. The van der Waals surface area contributed by atoms with E-state index in [9.17, 15) is 0 Å². The Morgan fingerprint density at radius 3 is 2.84 bits per heavy atom. The van der Waals surface area contributed by atoms with Crippen LogP contribution in [0, 0.1) is 0 Å². The number of likely N-dealkylation sites (tertiary alicyclic amines) is 1. The van der Waals surface area contributed by atoms with Gasteiger partial charge in [-0.05, 0) is 51.1 Å². The van der Waals surface area contributed by atoms with E-state index in [4.69, 9.17) is 17.3 Å². The summed E-state index contributed by atoms with van der Waals surface area (Å²) in [4.78, 5) is 6.91. The van der Waals surface area contributed by atoms with Gasteiger partial charge in [0.05, 0.1) is 11.0 Å². The third-order valence-corrected chi connectivity index (χ3v) is 4.19. The number of aromatic nitrogens is 2. The van der Waals surface area contributed by atoms with Gasteiger partial charge in [0.15, 0.2) is 0 Å². The molecule has 1 unspecified atom stereocenters. The fourth-order valence-corrected chi connectivity index (χ4v) is 3.04. The molecule has 1 aliphatic rings. The van der Waals surface area contributed by atoms with Crippen LogP contribution in [-0.4, -0.2) is 33.6 Å². The van der Waals surface area contributed by atoms with Crippen LogP contribution < -0.4 is 5.73 Å². The molecule has 0 aliphatic carbocycles. The van der Waals surface area contributed by atoms with E-state index in [2.05, 4.69) is 21.4 Å². The van der Waals surface area contributed by atoms with Crippen molar-refractivity contribution in [3.8, 4) is 0 Å². The first kappa shape index (κ1) is 12.8. The van der Waals surface area contributed by atoms with Crippen LogP contribution in [-0.2, 0) is 6.54 Å². The van der Waals surface area contributed by atoms with Crippen LogP contribution in [0.3, 0.4) is 0 Å². The van der Waals surface area contributed by atoms with Crippen LogP contribution in [0.15, 0.2) is 18.2 Å². The lowest BCUT2D eigenvalue weighted by atomic mass is 10.2. The molecule has 1 aliphatic heterocycles. The van der Waals surface area contributed by atoms with Gasteiger partial charge >= 0.3 is 0 Å². The first-order chi connectivity index (χ1) is 9.15. The highest BCUT2D eigenvalue weighted by molar-refractivity contribution is 6.31. The Bertz CT molecular complexity index is 586. The third-order valence-electron chi connectivity index (χ3n) is 3.95. The highest BCUT2D eigenvalue weighted by Gasteiger charge is 2.20. The first-order valence-corrected chi connectivity index (χ1v) is 7.18. The number of nitrogens with two attached hydrogens (primary N) is 1. The maximum Gasteiger partial charge on any atom is 0.201 e. The number of hydrogen-bond donors (Lipinski definition) is 1. The smallest absolute Gasteiger partial charge is 0.201 e. The molecule has 2 N–H and O–H groups in total. The second-order valence-corrected chi connectivity index (χ2v) is 5.74. The van der Waals surface area contributed by atoms with Crippen LogP contribution in [0.1, 0.15) is 19.8 Å². The summed E-state index contributed by atoms with van der Waals surface area (Å²) in [5.74, 6) is 0.573. The largest absolute Gasteiger partial charge is 0.369 e. The van der Waals surface area contributed by atoms with Crippen molar-refractivity contribution < 1.29 is 0 Å². The number of nitrogens with zero attached hydrogens (tertiary/aromatic N) is 3. The Hall–Kier alpha value is -1.26. The van der Waals surface area contributed by atoms with Crippen molar-refractivity contribution in [2.75, 3.05) is 18.8 Å². The third kappa shape index (κ3) is 2.42. The van der Waals surface area contributed by atoms with Crippen molar-refractivity contribution in [1.82, 2.24) is 14.5 Å². The topological polar surface area (TPSA) is 47.1 Å². The number of fused-ring (bicyclic) bond motifs is 1. The molecule has 1 saturated heterocycles. The van der Waals surface area contributed by atoms with Gasteiger partial charge in [-0.1, -0.05) is 11.6 Å². The van der Waals surface area contributed by atoms with Gasteiger partial charge in [0.2, 0.25) is 5.95 Å². The minimum Gasteiger partial charge on any atom is -0.369 e. The molecule has 2 heterocycles. The van der Waals surface area contributed by atoms with Crippen LogP contribution in [0.2, 0.25) is 5.02 Å². The van der Waals surface area contributed by atoms with E-state index in [0.717, 1.165) is 17.6 Å². The van der Waals surface area contributed by atoms with Crippen LogP contribution in [0.5, 0.6) is 0 Å². The molecule has 0 spiro atoms. The van der Waals surface area contributed by atoms with Crippen molar-refractivity contribution in [1.29, 1.82) is 0 Å². The zero-order chi connectivity index (χ0) is 13.4. The minimum atomic E-state index is 0.484. The van der Waals surface area contributed by atoms with Gasteiger partial charge in [0, 0.05) is 17.6 Å². The van der Waals surface area contributed by atoms with E-state index in [1.54, 1.807) is 0 Å². The van der Waals surface area contributed by atoms with Gasteiger partial charge in [-0.3, -0.25) is 4.90 Å². The highest BCUT2D eigenvalue weighted by Crippen LogP contribution is 2.23. The summed E-state index contributed by atoms with van der Waals surface area (Å²) in [5.41, 5.74) is 7.98. The molecule has 3 rings (SSSR count). The average Bonchev–Trinajstić information content (AvgIpc) is 2.98. The van der Waals surface area contributed by atoms with Gasteiger partial charge in [-0.25, -0.2) is 4.98 Å². The average molecular weight is 279 g/mol. The number of rotatable bonds is 3. The number of halogens is 1. The van der Waals surface area contributed by atoms with Crippen molar-refractivity contribution in [3.05, 3.63) is 23.2 Å². The summed E-state index contributed by atoms with van der Waals surface area (Å²) in [6.45, 7) is 5.52. The Morgan fingerprint density at radius 2 is 2.11 bits per heavy atom. The lowest BCUT2D eigenvalue weighted by molar-refractivity contribution is 0.238. The second kappa shape index (κ2) is 5.02. The highest BCUT2D eigenvalue weighted by atomic mass is 35.5. The van der Waals surface area contributed by atoms with Crippen molar-refractivity contribution >= 4 is 28.6 Å². The number of anilines is 1. The van der Waals surface area contributed by atoms with Gasteiger partial charge in [0.25, 0.3) is 0 Å². The summed E-state index contributed by atoms with van der Waals surface area (Å²) < 4.78 is 2.09. The zero-order valence-corrected chi connectivity index (χ0v) is 11.9. The molecule has 1 aromatic carbocycles. The van der Waals surface area contributed by atoms with E-state index in [1.165, 1.54) is 25.9 Å². The monoisotopic (exact) mass is 278 g/mol. The van der Waals surface area contributed by atoms with E-state index in [1.807, 2.05) is 18.2 Å². The van der Waals surface area contributed by atoms with Crippen molar-refractivity contribution in [3.63, 3.8) is 0 Å². The van der Waals surface area contributed by atoms with Gasteiger partial charge in [-0.2, -0.15) is 0 Å². The van der Waals surface area contributed by atoms with Crippen LogP contribution in [0.4, 0.5) is 5.95 Å². The summed E-state index contributed by atoms with van der Waals surface area (Å²) in [5, 5.41) is 0.699. The fourth-order valence-electron chi connectivity index (χ4n) is 2.88. The normalized spacial score (nSPS) is 18.2. The molecule has 102 valence electrons. The number of benzene rings is 1. The Balaban J connectivity index is 1.89. The molecule has 2 aromatic rings. The molecule has 4 nitrogen and oxygen atoms in total. The second-order valence-electron chi connectivity index (χ2n) is 5.31. The molecular formula is C14H19ClN4. The summed E-state index contributed by atoms with van der Waals surface area (Å²) in [6.07, 6.45) is 2.61. The maximum atomic E-state index is 6.04. The predicted octanol–water partition coefficient (Wildman–Crippen LogP) is 2.76. The number of nitrogen functional groups attached to an aromatic ring is 1. The number of imidazole rings is 1. The SMILES string of the molecule is CC(Cn1c(N)nc2cc(Cl)ccc21)N1CCCC1. The molecule has 0 saturated carbocycles. The lowest BCUT2D eigenvalue weighted by Crippen LogP contribution is -2.33. The van der Waals surface area contributed by atoms with Crippen molar-refractivity contribution in [2.24, 2.45) is 0 Å². The quantitative estimate of drug-likeness (QED) is 0.939. The minimum absolute atomic E-state index is 0.484. The molecule has 0 radical (unpaired) electrons. The lowest BCUT2D eigenvalue weighted by Gasteiger charge is -2.24. The predicted molar refractivity (Wildman–Crippen MR) is 79.4 cm³/mol. The fraction of sp³-hybridized carbons (Fsp3) is 0.500. The Morgan fingerprint density at radius 1 is 1.37 bits per heavy atom. The van der Waals surface area contributed by atoms with E-state index >= 15 is 0 Å². The van der Waals surface area contributed by atoms with E-state index < -0.39 is 0 Å². The van der Waals surface area contributed by atoms with E-state index in [0.29, 0.717) is 17.0 Å². The molecule has 1 atom stereocenters. The summed E-state index contributed by atoms with van der Waals surface area (Å²) >= 11 is 5.99.